The van der Waals surface area contributed by atoms with Crippen molar-refractivity contribution < 1.29 is 13.2 Å². The zero-order valence-corrected chi connectivity index (χ0v) is 18.9. The number of aromatic amines is 1. The molecule has 0 saturated heterocycles. The first-order valence-electron chi connectivity index (χ1n) is 11.3. The van der Waals surface area contributed by atoms with E-state index in [1.165, 1.54) is 37.0 Å². The highest BCUT2D eigenvalue weighted by molar-refractivity contribution is 5.56. The summed E-state index contributed by atoms with van der Waals surface area (Å²) in [5.74, 6) is 0.316. The summed E-state index contributed by atoms with van der Waals surface area (Å²) in [6.45, 7) is 9.21. The average molecular weight is 446 g/mol. The summed E-state index contributed by atoms with van der Waals surface area (Å²) >= 11 is 0. The average Bonchev–Trinajstić information content (AvgIpc) is 2.72. The molecule has 32 heavy (non-hydrogen) atoms. The Labute approximate surface area is 186 Å². The lowest BCUT2D eigenvalue weighted by Crippen LogP contribution is -2.36. The molecule has 0 radical (unpaired) electrons. The number of aromatic nitrogens is 2. The summed E-state index contributed by atoms with van der Waals surface area (Å²) in [6, 6.07) is 4.75. The van der Waals surface area contributed by atoms with Gasteiger partial charge in [0.25, 0.3) is 5.56 Å². The van der Waals surface area contributed by atoms with Gasteiger partial charge in [-0.05, 0) is 56.6 Å². The molecule has 2 aliphatic rings. The van der Waals surface area contributed by atoms with Crippen LogP contribution in [0, 0.1) is 5.41 Å². The number of allylic oxidation sites excluding steroid dienone is 1. The topological polar surface area (TPSA) is 49.0 Å². The van der Waals surface area contributed by atoms with Crippen molar-refractivity contribution in [1.29, 1.82) is 0 Å². The van der Waals surface area contributed by atoms with Crippen LogP contribution < -0.4 is 5.56 Å². The third kappa shape index (κ3) is 4.68. The maximum atomic E-state index is 12.9. The minimum atomic E-state index is -4.39. The highest BCUT2D eigenvalue weighted by atomic mass is 19.4. The van der Waals surface area contributed by atoms with Crippen LogP contribution in [0.15, 0.2) is 40.2 Å². The Morgan fingerprint density at radius 1 is 1.16 bits per heavy atom. The van der Waals surface area contributed by atoms with E-state index in [1.54, 1.807) is 5.57 Å². The van der Waals surface area contributed by atoms with Crippen LogP contribution in [0.2, 0.25) is 0 Å². The van der Waals surface area contributed by atoms with Gasteiger partial charge in [0.2, 0.25) is 0 Å². The second kappa shape index (κ2) is 8.50. The molecule has 0 atom stereocenters. The number of rotatable bonds is 4. The number of fused-ring (bicyclic) bond motifs is 1. The second-order valence-electron chi connectivity index (χ2n) is 9.69. The summed E-state index contributed by atoms with van der Waals surface area (Å²) in [6.07, 6.45) is 0.899. The molecule has 0 amide bonds. The lowest BCUT2D eigenvalue weighted by atomic mass is 9.71. The van der Waals surface area contributed by atoms with Crippen LogP contribution in [0.3, 0.4) is 0 Å². The standard InChI is InChI=1S/C25H30F3N3O/c1-16-5-4-12-24(2,3)20(16)11-14-31-13-10-19-21(15-31)29-22(30-23(19)32)17-6-8-18(9-7-17)25(26,27)28/h6-9H,4-5,10-15H2,1-3H3,(H,29,30,32). The quantitative estimate of drug-likeness (QED) is 0.612. The molecule has 1 aromatic heterocycles. The number of hydrogen-bond acceptors (Lipinski definition) is 3. The molecular weight excluding hydrogens is 415 g/mol. The Kier molecular flexibility index (Phi) is 6.05. The van der Waals surface area contributed by atoms with E-state index in [0.717, 1.165) is 37.3 Å². The highest BCUT2D eigenvalue weighted by Crippen LogP contribution is 2.41. The molecule has 1 aromatic carbocycles. The van der Waals surface area contributed by atoms with E-state index in [1.807, 2.05) is 0 Å². The molecule has 4 nitrogen and oxygen atoms in total. The molecule has 1 N–H and O–H groups in total. The normalized spacial score (nSPS) is 19.2. The fourth-order valence-electron chi connectivity index (χ4n) is 5.14. The number of nitrogens with zero attached hydrogens (tertiary/aromatic N) is 2. The molecule has 172 valence electrons. The van der Waals surface area contributed by atoms with Crippen molar-refractivity contribution in [3.05, 3.63) is 62.6 Å². The second-order valence-corrected chi connectivity index (χ2v) is 9.69. The number of nitrogens with one attached hydrogen (secondary N) is 1. The lowest BCUT2D eigenvalue weighted by molar-refractivity contribution is -0.137. The zero-order chi connectivity index (χ0) is 23.1. The molecule has 0 saturated carbocycles. The molecule has 7 heteroatoms. The van der Waals surface area contributed by atoms with Crippen molar-refractivity contribution in [2.24, 2.45) is 5.41 Å². The molecule has 0 fully saturated rings. The van der Waals surface area contributed by atoms with Gasteiger partial charge >= 0.3 is 6.18 Å². The summed E-state index contributed by atoms with van der Waals surface area (Å²) in [5, 5.41) is 0. The minimum absolute atomic E-state index is 0.198. The van der Waals surface area contributed by atoms with Crippen LogP contribution >= 0.6 is 0 Å². The van der Waals surface area contributed by atoms with Gasteiger partial charge < -0.3 is 4.98 Å². The van der Waals surface area contributed by atoms with Gasteiger partial charge in [-0.3, -0.25) is 9.69 Å². The van der Waals surface area contributed by atoms with Crippen LogP contribution in [0.4, 0.5) is 13.2 Å². The number of alkyl halides is 3. The lowest BCUT2D eigenvalue weighted by Gasteiger charge is -2.36. The van der Waals surface area contributed by atoms with Crippen LogP contribution in [0.5, 0.6) is 0 Å². The zero-order valence-electron chi connectivity index (χ0n) is 18.9. The van der Waals surface area contributed by atoms with Crippen LogP contribution in [0.25, 0.3) is 11.4 Å². The molecule has 1 aliphatic carbocycles. The molecule has 0 bridgehead atoms. The van der Waals surface area contributed by atoms with Crippen molar-refractivity contribution in [3.8, 4) is 11.4 Å². The van der Waals surface area contributed by atoms with E-state index in [9.17, 15) is 18.0 Å². The number of benzene rings is 1. The first-order valence-corrected chi connectivity index (χ1v) is 11.3. The highest BCUT2D eigenvalue weighted by Gasteiger charge is 2.31. The van der Waals surface area contributed by atoms with Gasteiger partial charge in [0, 0.05) is 30.8 Å². The SMILES string of the molecule is CC1=C(CCN2CCc3c(nc(-c4ccc(C(F)(F)F)cc4)[nH]c3=O)C2)C(C)(C)CCC1. The predicted molar refractivity (Wildman–Crippen MR) is 119 cm³/mol. The summed E-state index contributed by atoms with van der Waals surface area (Å²) in [5.41, 5.74) is 4.27. The van der Waals surface area contributed by atoms with E-state index in [4.69, 9.17) is 0 Å². The van der Waals surface area contributed by atoms with E-state index >= 15 is 0 Å². The van der Waals surface area contributed by atoms with E-state index in [0.29, 0.717) is 29.9 Å². The van der Waals surface area contributed by atoms with Crippen molar-refractivity contribution in [2.45, 2.75) is 65.6 Å². The van der Waals surface area contributed by atoms with Crippen LogP contribution in [-0.4, -0.2) is 28.0 Å². The largest absolute Gasteiger partial charge is 0.416 e. The van der Waals surface area contributed by atoms with E-state index in [2.05, 4.69) is 35.6 Å². The molecule has 2 heterocycles. The fourth-order valence-corrected chi connectivity index (χ4v) is 5.14. The van der Waals surface area contributed by atoms with Crippen molar-refractivity contribution in [1.82, 2.24) is 14.9 Å². The van der Waals surface area contributed by atoms with Gasteiger partial charge in [-0.25, -0.2) is 4.98 Å². The van der Waals surface area contributed by atoms with E-state index in [-0.39, 0.29) is 11.0 Å². The third-order valence-corrected chi connectivity index (χ3v) is 7.00. The Morgan fingerprint density at radius 2 is 1.88 bits per heavy atom. The molecule has 0 unspecified atom stereocenters. The third-order valence-electron chi connectivity index (χ3n) is 7.00. The molecule has 2 aromatic rings. The van der Waals surface area contributed by atoms with E-state index < -0.39 is 11.7 Å². The molecule has 1 aliphatic heterocycles. The van der Waals surface area contributed by atoms with Crippen molar-refractivity contribution in [3.63, 3.8) is 0 Å². The Bertz CT molecular complexity index is 1080. The van der Waals surface area contributed by atoms with Gasteiger partial charge in [-0.1, -0.05) is 37.1 Å². The van der Waals surface area contributed by atoms with Gasteiger partial charge in [0.15, 0.2) is 0 Å². The minimum Gasteiger partial charge on any atom is -0.306 e. The smallest absolute Gasteiger partial charge is 0.306 e. The molecular formula is C25H30F3N3O. The van der Waals surface area contributed by atoms with Crippen LogP contribution in [-0.2, 0) is 19.1 Å². The van der Waals surface area contributed by atoms with Gasteiger partial charge in [-0.15, -0.1) is 0 Å². The summed E-state index contributed by atoms with van der Waals surface area (Å²) in [4.78, 5) is 22.3. The maximum absolute atomic E-state index is 12.9. The number of halogens is 3. The van der Waals surface area contributed by atoms with Crippen LogP contribution in [0.1, 0.15) is 63.3 Å². The maximum Gasteiger partial charge on any atom is 0.416 e. The van der Waals surface area contributed by atoms with Gasteiger partial charge in [-0.2, -0.15) is 13.2 Å². The summed E-state index contributed by atoms with van der Waals surface area (Å²) in [7, 11) is 0. The Hall–Kier alpha value is -2.41. The van der Waals surface area contributed by atoms with Crippen molar-refractivity contribution >= 4 is 0 Å². The molecule has 0 spiro atoms. The summed E-state index contributed by atoms with van der Waals surface area (Å²) < 4.78 is 38.6. The number of hydrogen-bond donors (Lipinski definition) is 1. The first kappa shape index (κ1) is 22.8. The van der Waals surface area contributed by atoms with Gasteiger partial charge in [0.1, 0.15) is 5.82 Å². The molecule has 4 rings (SSSR count). The van der Waals surface area contributed by atoms with Crippen molar-refractivity contribution in [2.75, 3.05) is 13.1 Å². The Morgan fingerprint density at radius 3 is 2.53 bits per heavy atom. The predicted octanol–water partition coefficient (Wildman–Crippen LogP) is 5.73. The first-order chi connectivity index (χ1) is 15.0. The monoisotopic (exact) mass is 445 g/mol. The van der Waals surface area contributed by atoms with Gasteiger partial charge in [0.05, 0.1) is 11.3 Å². The Balaban J connectivity index is 1.52. The fraction of sp³-hybridized carbons (Fsp3) is 0.520. The number of H-pyrrole nitrogens is 1.